The predicted molar refractivity (Wildman–Crippen MR) is 140 cm³/mol. The van der Waals surface area contributed by atoms with Crippen LogP contribution in [0.4, 0.5) is 0 Å². The van der Waals surface area contributed by atoms with Crippen molar-refractivity contribution in [2.45, 2.75) is 0 Å². The minimum atomic E-state index is -0.547. The summed E-state index contributed by atoms with van der Waals surface area (Å²) in [6.45, 7) is -0.294. The van der Waals surface area contributed by atoms with Gasteiger partial charge in [0.1, 0.15) is 0 Å². The average Bonchev–Trinajstić information content (AvgIpc) is 2.92. The highest BCUT2D eigenvalue weighted by Crippen LogP contribution is 2.29. The third-order valence-electron chi connectivity index (χ3n) is 4.94. The van der Waals surface area contributed by atoms with Gasteiger partial charge in [-0.25, -0.2) is 10.2 Å². The molecule has 0 saturated heterocycles. The van der Waals surface area contributed by atoms with Crippen molar-refractivity contribution in [3.8, 4) is 23.0 Å². The molecule has 0 radical (unpaired) electrons. The van der Waals surface area contributed by atoms with Crippen molar-refractivity contribution in [2.75, 3.05) is 27.9 Å². The van der Waals surface area contributed by atoms with Crippen molar-refractivity contribution in [3.05, 3.63) is 81.8 Å². The number of hydrogen-bond donors (Lipinski definition) is 2. The molecular formula is C26H24BrN3O7. The van der Waals surface area contributed by atoms with Crippen molar-refractivity contribution in [1.82, 2.24) is 10.7 Å². The number of hydrazone groups is 1. The van der Waals surface area contributed by atoms with Crippen molar-refractivity contribution in [1.29, 1.82) is 0 Å². The highest BCUT2D eigenvalue weighted by molar-refractivity contribution is 9.10. The van der Waals surface area contributed by atoms with Gasteiger partial charge in [0, 0.05) is 10.0 Å². The highest BCUT2D eigenvalue weighted by Gasteiger charge is 2.15. The number of benzene rings is 3. The van der Waals surface area contributed by atoms with Gasteiger partial charge >= 0.3 is 5.97 Å². The largest absolute Gasteiger partial charge is 0.493 e. The monoisotopic (exact) mass is 569 g/mol. The predicted octanol–water partition coefficient (Wildman–Crippen LogP) is 3.57. The fraction of sp³-hybridized carbons (Fsp3) is 0.154. The number of hydrogen-bond acceptors (Lipinski definition) is 8. The van der Waals surface area contributed by atoms with Crippen molar-refractivity contribution in [2.24, 2.45) is 5.10 Å². The maximum atomic E-state index is 12.5. The van der Waals surface area contributed by atoms with E-state index in [1.165, 1.54) is 33.6 Å². The first-order valence-corrected chi connectivity index (χ1v) is 11.6. The maximum absolute atomic E-state index is 12.5. The number of ether oxygens (including phenoxy) is 4. The van der Waals surface area contributed by atoms with Crippen LogP contribution in [0, 0.1) is 0 Å². The molecule has 192 valence electrons. The molecule has 0 bridgehead atoms. The number of nitrogens with zero attached hydrogens (tertiary/aromatic N) is 1. The van der Waals surface area contributed by atoms with Gasteiger partial charge in [0.2, 0.25) is 0 Å². The number of halogens is 1. The molecule has 0 heterocycles. The molecule has 0 saturated carbocycles. The van der Waals surface area contributed by atoms with Crippen LogP contribution in [0.2, 0.25) is 0 Å². The van der Waals surface area contributed by atoms with E-state index in [4.69, 9.17) is 18.9 Å². The summed E-state index contributed by atoms with van der Waals surface area (Å²) >= 11 is 3.32. The van der Waals surface area contributed by atoms with Gasteiger partial charge in [-0.2, -0.15) is 5.10 Å². The van der Waals surface area contributed by atoms with Gasteiger partial charge in [-0.3, -0.25) is 9.59 Å². The first kappa shape index (κ1) is 27.2. The van der Waals surface area contributed by atoms with Crippen LogP contribution in [0.15, 0.2) is 70.2 Å². The standard InChI is InChI=1S/C26H24BrN3O7/c1-34-20-11-9-17(13-23(20)36-3)25(32)28-15-24(31)30-29-14-16-8-10-21(22(12-16)35-2)37-26(33)18-6-4-5-7-19(18)27/h4-14H,15H2,1-3H3,(H,28,32)(H,30,31)/b29-14-. The normalized spacial score (nSPS) is 10.5. The smallest absolute Gasteiger partial charge is 0.344 e. The Morgan fingerprint density at radius 3 is 2.24 bits per heavy atom. The Kier molecular flexibility index (Phi) is 9.61. The van der Waals surface area contributed by atoms with Crippen molar-refractivity contribution in [3.63, 3.8) is 0 Å². The molecule has 0 aliphatic heterocycles. The Balaban J connectivity index is 1.55. The Hall–Kier alpha value is -4.38. The summed E-state index contributed by atoms with van der Waals surface area (Å²) in [4.78, 5) is 36.9. The number of methoxy groups -OCH3 is 3. The van der Waals surface area contributed by atoms with E-state index >= 15 is 0 Å². The molecule has 3 aromatic carbocycles. The van der Waals surface area contributed by atoms with E-state index in [-0.39, 0.29) is 12.3 Å². The number of amides is 2. The van der Waals surface area contributed by atoms with Crippen LogP contribution < -0.4 is 29.7 Å². The van der Waals surface area contributed by atoms with Gasteiger partial charge in [-0.15, -0.1) is 0 Å². The molecule has 0 aliphatic carbocycles. The molecule has 2 N–H and O–H groups in total. The topological polar surface area (TPSA) is 125 Å². The number of rotatable bonds is 10. The molecule has 3 rings (SSSR count). The zero-order chi connectivity index (χ0) is 26.8. The highest BCUT2D eigenvalue weighted by atomic mass is 79.9. The van der Waals surface area contributed by atoms with Crippen LogP contribution in [0.25, 0.3) is 0 Å². The van der Waals surface area contributed by atoms with Crippen LogP contribution in [0.3, 0.4) is 0 Å². The molecule has 0 unspecified atom stereocenters. The summed E-state index contributed by atoms with van der Waals surface area (Å²) in [5.74, 6) is -0.130. The number of carbonyl (C=O) groups is 3. The van der Waals surface area contributed by atoms with E-state index in [0.29, 0.717) is 38.4 Å². The van der Waals surface area contributed by atoms with Crippen LogP contribution >= 0.6 is 15.9 Å². The lowest BCUT2D eigenvalue weighted by atomic mass is 10.2. The lowest BCUT2D eigenvalue weighted by Crippen LogP contribution is -2.34. The molecule has 0 aliphatic rings. The zero-order valence-electron chi connectivity index (χ0n) is 20.2. The van der Waals surface area contributed by atoms with Gasteiger partial charge < -0.3 is 24.3 Å². The summed E-state index contributed by atoms with van der Waals surface area (Å²) in [5.41, 5.74) is 3.58. The summed E-state index contributed by atoms with van der Waals surface area (Å²) in [6, 6.07) is 16.4. The molecule has 2 amide bonds. The Labute approximate surface area is 221 Å². The van der Waals surface area contributed by atoms with Gasteiger partial charge in [-0.05, 0) is 70.0 Å². The minimum absolute atomic E-state index is 0.224. The van der Waals surface area contributed by atoms with Gasteiger partial charge in [0.25, 0.3) is 11.8 Å². The van der Waals surface area contributed by atoms with Crippen LogP contribution in [0.5, 0.6) is 23.0 Å². The molecular weight excluding hydrogens is 546 g/mol. The van der Waals surface area contributed by atoms with Crippen LogP contribution in [-0.2, 0) is 4.79 Å². The Bertz CT molecular complexity index is 1330. The number of esters is 1. The molecule has 37 heavy (non-hydrogen) atoms. The fourth-order valence-corrected chi connectivity index (χ4v) is 3.54. The average molecular weight is 570 g/mol. The van der Waals surface area contributed by atoms with Crippen molar-refractivity contribution >= 4 is 39.9 Å². The van der Waals surface area contributed by atoms with E-state index in [9.17, 15) is 14.4 Å². The van der Waals surface area contributed by atoms with Gasteiger partial charge in [0.05, 0.1) is 39.7 Å². The fourth-order valence-electron chi connectivity index (χ4n) is 3.09. The van der Waals surface area contributed by atoms with E-state index in [0.717, 1.165) is 0 Å². The third kappa shape index (κ3) is 7.31. The Morgan fingerprint density at radius 2 is 1.54 bits per heavy atom. The van der Waals surface area contributed by atoms with Gasteiger partial charge in [-0.1, -0.05) is 12.1 Å². The molecule has 11 heteroatoms. The van der Waals surface area contributed by atoms with Crippen molar-refractivity contribution < 1.29 is 33.3 Å². The lowest BCUT2D eigenvalue weighted by Gasteiger charge is -2.10. The first-order chi connectivity index (χ1) is 17.9. The van der Waals surface area contributed by atoms with Crippen LogP contribution in [0.1, 0.15) is 26.3 Å². The number of carbonyl (C=O) groups excluding carboxylic acids is 3. The number of nitrogens with one attached hydrogen (secondary N) is 2. The first-order valence-electron chi connectivity index (χ1n) is 10.8. The lowest BCUT2D eigenvalue weighted by molar-refractivity contribution is -0.120. The minimum Gasteiger partial charge on any atom is -0.493 e. The molecule has 0 spiro atoms. The summed E-state index contributed by atoms with van der Waals surface area (Å²) in [6.07, 6.45) is 1.38. The van der Waals surface area contributed by atoms with E-state index in [2.05, 4.69) is 31.8 Å². The summed E-state index contributed by atoms with van der Waals surface area (Å²) in [5, 5.41) is 6.39. The molecule has 0 aromatic heterocycles. The Morgan fingerprint density at radius 1 is 0.865 bits per heavy atom. The van der Waals surface area contributed by atoms with E-state index < -0.39 is 17.8 Å². The van der Waals surface area contributed by atoms with E-state index in [1.807, 2.05) is 0 Å². The second-order valence-electron chi connectivity index (χ2n) is 7.33. The molecule has 3 aromatic rings. The third-order valence-corrected chi connectivity index (χ3v) is 5.63. The zero-order valence-corrected chi connectivity index (χ0v) is 21.8. The summed E-state index contributed by atoms with van der Waals surface area (Å²) in [7, 11) is 4.40. The van der Waals surface area contributed by atoms with Crippen LogP contribution in [-0.4, -0.2) is 51.9 Å². The second kappa shape index (κ2) is 13.1. The maximum Gasteiger partial charge on any atom is 0.344 e. The van der Waals surface area contributed by atoms with E-state index in [1.54, 1.807) is 54.6 Å². The summed E-state index contributed by atoms with van der Waals surface area (Å²) < 4.78 is 21.7. The SMILES string of the molecule is COc1ccc(C(=O)NCC(=O)N/N=C\c2ccc(OC(=O)c3ccccc3Br)c(OC)c2)cc1OC. The second-order valence-corrected chi connectivity index (χ2v) is 8.18. The molecule has 0 fully saturated rings. The van der Waals surface area contributed by atoms with Gasteiger partial charge in [0.15, 0.2) is 23.0 Å². The molecule has 0 atom stereocenters. The molecule has 10 nitrogen and oxygen atoms in total. The quantitative estimate of drug-likeness (QED) is 0.165.